The summed E-state index contributed by atoms with van der Waals surface area (Å²) in [7, 11) is 0. The highest BCUT2D eigenvalue weighted by molar-refractivity contribution is 9.10. The van der Waals surface area contributed by atoms with Gasteiger partial charge in [-0.1, -0.05) is 0 Å². The van der Waals surface area contributed by atoms with Crippen LogP contribution in [0.3, 0.4) is 0 Å². The third-order valence-electron chi connectivity index (χ3n) is 3.50. The fraction of sp³-hybridized carbons (Fsp3) is 0.538. The first-order valence-corrected chi connectivity index (χ1v) is 6.81. The lowest BCUT2D eigenvalue weighted by Crippen LogP contribution is -2.43. The summed E-state index contributed by atoms with van der Waals surface area (Å²) in [4.78, 5) is 0. The molecular weight excluding hydrogens is 304 g/mol. The zero-order valence-electron chi connectivity index (χ0n) is 9.93. The van der Waals surface area contributed by atoms with Crippen molar-refractivity contribution < 1.29 is 13.9 Å². The van der Waals surface area contributed by atoms with Gasteiger partial charge in [-0.3, -0.25) is 0 Å². The third-order valence-corrected chi connectivity index (χ3v) is 4.12. The zero-order valence-corrected chi connectivity index (χ0v) is 11.5. The number of halogens is 3. The number of nitrogens with two attached hydrogens (primary N) is 1. The maximum atomic E-state index is 13.9. The summed E-state index contributed by atoms with van der Waals surface area (Å²) in [6.45, 7) is 0. The van der Waals surface area contributed by atoms with Gasteiger partial charge in [-0.2, -0.15) is 0 Å². The largest absolute Gasteiger partial charge is 0.389 e. The molecule has 0 amide bonds. The van der Waals surface area contributed by atoms with Crippen LogP contribution in [0.4, 0.5) is 8.78 Å². The van der Waals surface area contributed by atoms with Crippen molar-refractivity contribution in [2.45, 2.75) is 43.7 Å². The van der Waals surface area contributed by atoms with Crippen molar-refractivity contribution >= 4 is 15.9 Å². The zero-order chi connectivity index (χ0) is 13.3. The lowest BCUT2D eigenvalue weighted by molar-refractivity contribution is -0.00331. The monoisotopic (exact) mass is 319 g/mol. The van der Waals surface area contributed by atoms with Crippen molar-refractivity contribution in [1.29, 1.82) is 0 Å². The van der Waals surface area contributed by atoms with Crippen molar-refractivity contribution in [2.75, 3.05) is 0 Å². The predicted molar refractivity (Wildman–Crippen MR) is 69.2 cm³/mol. The van der Waals surface area contributed by atoms with E-state index in [9.17, 15) is 13.9 Å². The van der Waals surface area contributed by atoms with E-state index in [4.69, 9.17) is 5.73 Å². The number of hydrogen-bond acceptors (Lipinski definition) is 2. The molecule has 0 radical (unpaired) electrons. The quantitative estimate of drug-likeness (QED) is 0.823. The van der Waals surface area contributed by atoms with E-state index in [2.05, 4.69) is 15.9 Å². The van der Waals surface area contributed by atoms with Crippen molar-refractivity contribution in [1.82, 2.24) is 0 Å². The molecule has 2 atom stereocenters. The van der Waals surface area contributed by atoms with E-state index in [-0.39, 0.29) is 22.5 Å². The van der Waals surface area contributed by atoms with Crippen LogP contribution in [0.2, 0.25) is 0 Å². The van der Waals surface area contributed by atoms with E-state index in [0.717, 1.165) is 12.8 Å². The number of hydrogen-bond donors (Lipinski definition) is 2. The normalized spacial score (nSPS) is 28.4. The SMILES string of the molecule is NC1CCCC(O)(Cc2c(F)ccc(Br)c2F)C1. The Bertz CT molecular complexity index is 455. The van der Waals surface area contributed by atoms with Crippen molar-refractivity contribution in [2.24, 2.45) is 5.73 Å². The Morgan fingerprint density at radius 1 is 1.44 bits per heavy atom. The second kappa shape index (κ2) is 5.23. The highest BCUT2D eigenvalue weighted by atomic mass is 79.9. The molecule has 1 aromatic carbocycles. The fourth-order valence-electron chi connectivity index (χ4n) is 2.61. The molecule has 0 spiro atoms. The molecule has 0 aromatic heterocycles. The molecule has 1 aliphatic rings. The van der Waals surface area contributed by atoms with E-state index >= 15 is 0 Å². The smallest absolute Gasteiger partial charge is 0.143 e. The third kappa shape index (κ3) is 2.90. The maximum Gasteiger partial charge on any atom is 0.143 e. The van der Waals surface area contributed by atoms with Gasteiger partial charge in [0.15, 0.2) is 0 Å². The second-order valence-corrected chi connectivity index (χ2v) is 5.93. The van der Waals surface area contributed by atoms with Crippen molar-refractivity contribution in [3.8, 4) is 0 Å². The van der Waals surface area contributed by atoms with Crippen molar-refractivity contribution in [3.63, 3.8) is 0 Å². The molecule has 2 unspecified atom stereocenters. The van der Waals surface area contributed by atoms with Crippen LogP contribution in [0.5, 0.6) is 0 Å². The molecule has 1 aliphatic carbocycles. The first-order chi connectivity index (χ1) is 8.41. The van der Waals surface area contributed by atoms with E-state index < -0.39 is 17.2 Å². The fourth-order valence-corrected chi connectivity index (χ4v) is 2.98. The van der Waals surface area contributed by atoms with Crippen LogP contribution < -0.4 is 5.73 Å². The van der Waals surface area contributed by atoms with Crippen LogP contribution in [0, 0.1) is 11.6 Å². The molecule has 100 valence electrons. The van der Waals surface area contributed by atoms with E-state index in [0.29, 0.717) is 12.8 Å². The first-order valence-electron chi connectivity index (χ1n) is 6.02. The van der Waals surface area contributed by atoms with Crippen molar-refractivity contribution in [3.05, 3.63) is 33.8 Å². The van der Waals surface area contributed by atoms with Gasteiger partial charge >= 0.3 is 0 Å². The maximum absolute atomic E-state index is 13.9. The average Bonchev–Trinajstić information content (AvgIpc) is 2.29. The molecule has 3 N–H and O–H groups in total. The standard InChI is InChI=1S/C13H16BrF2NO/c14-10-3-4-11(15)9(12(10)16)7-13(18)5-1-2-8(17)6-13/h3-4,8,18H,1-2,5-7,17H2. The van der Waals surface area contributed by atoms with Gasteiger partial charge in [-0.25, -0.2) is 8.78 Å². The molecule has 1 aromatic rings. The van der Waals surface area contributed by atoms with E-state index in [1.807, 2.05) is 0 Å². The Morgan fingerprint density at radius 3 is 2.83 bits per heavy atom. The van der Waals surface area contributed by atoms with Gasteiger partial charge in [0.2, 0.25) is 0 Å². The summed E-state index contributed by atoms with van der Waals surface area (Å²) >= 11 is 3.03. The Hall–Kier alpha value is -0.520. The van der Waals surface area contributed by atoms with E-state index in [1.54, 1.807) is 0 Å². The summed E-state index contributed by atoms with van der Waals surface area (Å²) in [5.41, 5.74) is 4.65. The molecule has 0 heterocycles. The molecule has 0 bridgehead atoms. The van der Waals surface area contributed by atoms with Crippen LogP contribution in [0.15, 0.2) is 16.6 Å². The summed E-state index contributed by atoms with van der Waals surface area (Å²) in [6, 6.07) is 2.43. The minimum Gasteiger partial charge on any atom is -0.389 e. The van der Waals surface area contributed by atoms with Gasteiger partial charge in [-0.05, 0) is 53.7 Å². The van der Waals surface area contributed by atoms with Crippen LogP contribution >= 0.6 is 15.9 Å². The van der Waals surface area contributed by atoms with Crippen LogP contribution in [-0.4, -0.2) is 16.7 Å². The van der Waals surface area contributed by atoms with E-state index in [1.165, 1.54) is 12.1 Å². The second-order valence-electron chi connectivity index (χ2n) is 5.08. The van der Waals surface area contributed by atoms with Crippen LogP contribution in [-0.2, 0) is 6.42 Å². The first kappa shape index (κ1) is 13.9. The highest BCUT2D eigenvalue weighted by Crippen LogP contribution is 2.33. The molecule has 1 fully saturated rings. The molecular formula is C13H16BrF2NO. The Kier molecular flexibility index (Phi) is 4.04. The number of benzene rings is 1. The van der Waals surface area contributed by atoms with Gasteiger partial charge in [0, 0.05) is 18.0 Å². The minimum absolute atomic E-state index is 0.0300. The van der Waals surface area contributed by atoms with Gasteiger partial charge < -0.3 is 10.8 Å². The lowest BCUT2D eigenvalue weighted by Gasteiger charge is -2.35. The van der Waals surface area contributed by atoms with Gasteiger partial charge in [-0.15, -0.1) is 0 Å². The summed E-state index contributed by atoms with van der Waals surface area (Å²) < 4.78 is 27.7. The molecule has 5 heteroatoms. The Labute approximate surface area is 113 Å². The number of aliphatic hydroxyl groups is 1. The molecule has 18 heavy (non-hydrogen) atoms. The molecule has 0 saturated heterocycles. The van der Waals surface area contributed by atoms with Crippen LogP contribution in [0.25, 0.3) is 0 Å². The lowest BCUT2D eigenvalue weighted by atomic mass is 9.78. The average molecular weight is 320 g/mol. The van der Waals surface area contributed by atoms with Gasteiger partial charge in [0.05, 0.1) is 10.1 Å². The summed E-state index contributed by atoms with van der Waals surface area (Å²) in [5, 5.41) is 10.4. The Morgan fingerprint density at radius 2 is 2.17 bits per heavy atom. The van der Waals surface area contributed by atoms with Crippen LogP contribution in [0.1, 0.15) is 31.2 Å². The number of rotatable bonds is 2. The van der Waals surface area contributed by atoms with Gasteiger partial charge in [0.1, 0.15) is 11.6 Å². The van der Waals surface area contributed by atoms with Gasteiger partial charge in [0.25, 0.3) is 0 Å². The molecule has 1 saturated carbocycles. The topological polar surface area (TPSA) is 46.2 Å². The Balaban J connectivity index is 2.25. The highest BCUT2D eigenvalue weighted by Gasteiger charge is 2.34. The molecule has 2 nitrogen and oxygen atoms in total. The minimum atomic E-state index is -1.10. The predicted octanol–water partition coefficient (Wildman–Crippen LogP) is 2.90. The summed E-state index contributed by atoms with van der Waals surface area (Å²) in [5.74, 6) is -1.26. The molecule has 0 aliphatic heterocycles. The summed E-state index contributed by atoms with van der Waals surface area (Å²) in [6.07, 6.45) is 2.53. The molecule has 2 rings (SSSR count).